The highest BCUT2D eigenvalue weighted by Crippen LogP contribution is 2.23. The van der Waals surface area contributed by atoms with Gasteiger partial charge in [-0.1, -0.05) is 29.8 Å². The number of hydrogen-bond acceptors (Lipinski definition) is 4. The number of rotatable bonds is 5. The number of hydrogen-bond donors (Lipinski definition) is 1. The summed E-state index contributed by atoms with van der Waals surface area (Å²) < 4.78 is 0.924. The van der Waals surface area contributed by atoms with Crippen molar-refractivity contribution in [1.29, 1.82) is 0 Å². The van der Waals surface area contributed by atoms with Crippen LogP contribution in [-0.4, -0.2) is 23.4 Å². The zero-order valence-corrected chi connectivity index (χ0v) is 12.3. The van der Waals surface area contributed by atoms with E-state index in [0.717, 1.165) is 9.80 Å². The second kappa shape index (κ2) is 7.34. The Morgan fingerprint density at radius 2 is 1.67 bits per heavy atom. The molecule has 1 rings (SSSR count). The molecule has 96 valence electrons. The van der Waals surface area contributed by atoms with E-state index >= 15 is 0 Å². The van der Waals surface area contributed by atoms with Gasteiger partial charge in [0.15, 0.2) is 5.78 Å². The molecule has 0 saturated carbocycles. The van der Waals surface area contributed by atoms with Crippen LogP contribution < -0.4 is 0 Å². The van der Waals surface area contributed by atoms with E-state index in [1.165, 1.54) is 35.7 Å². The average Bonchev–Trinajstić information content (AvgIpc) is 2.36. The van der Waals surface area contributed by atoms with E-state index in [2.05, 4.69) is 0 Å². The molecular formula is C14H16O2S2. The van der Waals surface area contributed by atoms with Gasteiger partial charge >= 0.3 is 0 Å². The number of aliphatic hydroxyl groups excluding tert-OH is 1. The van der Waals surface area contributed by atoms with Crippen LogP contribution in [-0.2, 0) is 4.79 Å². The van der Waals surface area contributed by atoms with Crippen LogP contribution in [0.4, 0.5) is 0 Å². The summed E-state index contributed by atoms with van der Waals surface area (Å²) in [5.74, 6) is -0.204. The Bertz CT molecular complexity index is 467. The number of ketones is 1. The van der Waals surface area contributed by atoms with Gasteiger partial charge < -0.3 is 5.11 Å². The molecule has 0 bridgehead atoms. The van der Waals surface area contributed by atoms with E-state index in [4.69, 9.17) is 0 Å². The first-order chi connectivity index (χ1) is 8.56. The molecule has 0 fully saturated rings. The average molecular weight is 280 g/mol. The Hall–Kier alpha value is -1.13. The lowest BCUT2D eigenvalue weighted by molar-refractivity contribution is -0.110. The number of allylic oxidation sites excluding steroid dienone is 2. The molecule has 0 atom stereocenters. The van der Waals surface area contributed by atoms with Crippen molar-refractivity contribution in [2.75, 3.05) is 12.5 Å². The van der Waals surface area contributed by atoms with Crippen LogP contribution in [0.15, 0.2) is 40.7 Å². The van der Waals surface area contributed by atoms with Gasteiger partial charge in [0.25, 0.3) is 0 Å². The highest BCUT2D eigenvalue weighted by atomic mass is 32.2. The first kappa shape index (κ1) is 14.9. The molecule has 0 aliphatic carbocycles. The minimum absolute atomic E-state index is 0.00203. The van der Waals surface area contributed by atoms with E-state index in [-0.39, 0.29) is 11.5 Å². The minimum Gasteiger partial charge on any atom is -0.507 e. The predicted octanol–water partition coefficient (Wildman–Crippen LogP) is 4.03. The van der Waals surface area contributed by atoms with Gasteiger partial charge in [-0.15, -0.1) is 23.5 Å². The lowest BCUT2D eigenvalue weighted by Gasteiger charge is -2.00. The lowest BCUT2D eigenvalue weighted by Crippen LogP contribution is -1.91. The van der Waals surface area contributed by atoms with Crippen molar-refractivity contribution in [2.45, 2.75) is 6.92 Å². The smallest absolute Gasteiger partial charge is 0.183 e. The summed E-state index contributed by atoms with van der Waals surface area (Å²) in [5, 5.41) is 9.84. The summed E-state index contributed by atoms with van der Waals surface area (Å²) in [6.45, 7) is 1.97. The predicted molar refractivity (Wildman–Crippen MR) is 81.9 cm³/mol. The third-order valence-corrected chi connectivity index (χ3v) is 4.33. The van der Waals surface area contributed by atoms with Gasteiger partial charge in [0.05, 0.1) is 0 Å². The number of carbonyl (C=O) groups excluding carboxylic acids is 1. The molecule has 0 aliphatic rings. The fourth-order valence-corrected chi connectivity index (χ4v) is 2.44. The van der Waals surface area contributed by atoms with E-state index in [9.17, 15) is 9.90 Å². The number of benzene rings is 1. The van der Waals surface area contributed by atoms with Gasteiger partial charge in [-0.25, -0.2) is 0 Å². The van der Waals surface area contributed by atoms with Crippen molar-refractivity contribution in [3.8, 4) is 0 Å². The summed E-state index contributed by atoms with van der Waals surface area (Å²) in [6.07, 6.45) is 6.61. The summed E-state index contributed by atoms with van der Waals surface area (Å²) >= 11 is 3.03. The first-order valence-electron chi connectivity index (χ1n) is 5.38. The van der Waals surface area contributed by atoms with Gasteiger partial charge in [0.2, 0.25) is 0 Å². The van der Waals surface area contributed by atoms with E-state index < -0.39 is 0 Å². The Morgan fingerprint density at radius 3 is 2.17 bits per heavy atom. The normalized spacial score (nSPS) is 11.2. The summed E-state index contributed by atoms with van der Waals surface area (Å²) in [6, 6.07) is 7.38. The molecule has 0 radical (unpaired) electrons. The zero-order chi connectivity index (χ0) is 13.5. The van der Waals surface area contributed by atoms with Crippen LogP contribution >= 0.6 is 23.5 Å². The zero-order valence-electron chi connectivity index (χ0n) is 10.6. The molecule has 0 amide bonds. The third-order valence-electron chi connectivity index (χ3n) is 2.29. The Kier molecular flexibility index (Phi) is 6.09. The van der Waals surface area contributed by atoms with Crippen LogP contribution in [0.1, 0.15) is 11.1 Å². The van der Waals surface area contributed by atoms with Gasteiger partial charge in [0.1, 0.15) is 5.76 Å². The van der Waals surface area contributed by atoms with E-state index in [1.54, 1.807) is 12.1 Å². The number of thioether (sulfide) groups is 2. The quantitative estimate of drug-likeness (QED) is 0.652. The molecule has 1 aromatic carbocycles. The molecule has 2 nitrogen and oxygen atoms in total. The standard InChI is InChI=1S/C14H16O2S2/c1-10-4-6-11(7-5-10)13(16)8-12(15)9-14(17-2)18-3/h4-9,16H,1-3H3/b13-8-. The minimum atomic E-state index is -0.202. The van der Waals surface area contributed by atoms with Crippen LogP contribution in [0, 0.1) is 6.92 Å². The first-order valence-corrected chi connectivity index (χ1v) is 7.83. The van der Waals surface area contributed by atoms with Gasteiger partial charge in [0, 0.05) is 22.0 Å². The Morgan fingerprint density at radius 1 is 1.11 bits per heavy atom. The summed E-state index contributed by atoms with van der Waals surface area (Å²) in [4.78, 5) is 11.7. The van der Waals surface area contributed by atoms with E-state index in [0.29, 0.717) is 5.56 Å². The maximum Gasteiger partial charge on any atom is 0.183 e. The van der Waals surface area contributed by atoms with Gasteiger partial charge in [-0.2, -0.15) is 0 Å². The van der Waals surface area contributed by atoms with Crippen molar-refractivity contribution in [2.24, 2.45) is 0 Å². The second-order valence-corrected chi connectivity index (χ2v) is 5.62. The third kappa shape index (κ3) is 4.63. The molecule has 0 spiro atoms. The largest absolute Gasteiger partial charge is 0.507 e. The maximum atomic E-state index is 11.7. The summed E-state index contributed by atoms with van der Waals surface area (Å²) in [5.41, 5.74) is 1.77. The molecule has 0 saturated heterocycles. The summed E-state index contributed by atoms with van der Waals surface area (Å²) in [7, 11) is 0. The molecule has 0 aliphatic heterocycles. The molecule has 1 N–H and O–H groups in total. The SMILES string of the molecule is CSC(=CC(=O)/C=C(\O)c1ccc(C)cc1)SC. The highest BCUT2D eigenvalue weighted by Gasteiger charge is 2.02. The van der Waals surface area contributed by atoms with Crippen LogP contribution in [0.3, 0.4) is 0 Å². The van der Waals surface area contributed by atoms with Crippen LogP contribution in [0.5, 0.6) is 0 Å². The number of carbonyl (C=O) groups is 1. The maximum absolute atomic E-state index is 11.7. The monoisotopic (exact) mass is 280 g/mol. The van der Waals surface area contributed by atoms with Crippen molar-refractivity contribution in [1.82, 2.24) is 0 Å². The van der Waals surface area contributed by atoms with Crippen LogP contribution in [0.25, 0.3) is 5.76 Å². The fourth-order valence-electron chi connectivity index (χ4n) is 1.30. The van der Waals surface area contributed by atoms with Crippen molar-refractivity contribution in [3.05, 3.63) is 51.8 Å². The topological polar surface area (TPSA) is 37.3 Å². The van der Waals surface area contributed by atoms with Crippen molar-refractivity contribution >= 4 is 35.1 Å². The highest BCUT2D eigenvalue weighted by molar-refractivity contribution is 8.21. The van der Waals surface area contributed by atoms with Gasteiger partial charge in [-0.05, 0) is 19.4 Å². The molecule has 0 aromatic heterocycles. The fraction of sp³-hybridized carbons (Fsp3) is 0.214. The lowest BCUT2D eigenvalue weighted by atomic mass is 10.1. The van der Waals surface area contributed by atoms with Gasteiger partial charge in [-0.3, -0.25) is 4.79 Å². The molecule has 1 aromatic rings. The molecule has 0 heterocycles. The Labute approximate surface area is 116 Å². The molecule has 18 heavy (non-hydrogen) atoms. The molecule has 4 heteroatoms. The van der Waals surface area contributed by atoms with Crippen molar-refractivity contribution in [3.63, 3.8) is 0 Å². The molecular weight excluding hydrogens is 264 g/mol. The Balaban J connectivity index is 2.86. The van der Waals surface area contributed by atoms with E-state index in [1.807, 2.05) is 31.6 Å². The number of aliphatic hydroxyl groups is 1. The van der Waals surface area contributed by atoms with Crippen LogP contribution in [0.2, 0.25) is 0 Å². The van der Waals surface area contributed by atoms with Crippen molar-refractivity contribution < 1.29 is 9.90 Å². The second-order valence-electron chi connectivity index (χ2n) is 3.67. The molecule has 0 unspecified atom stereocenters. The number of aryl methyl sites for hydroxylation is 1.